The van der Waals surface area contributed by atoms with Gasteiger partial charge in [-0.2, -0.15) is 0 Å². The van der Waals surface area contributed by atoms with Gasteiger partial charge >= 0.3 is 0 Å². The van der Waals surface area contributed by atoms with Gasteiger partial charge in [-0.15, -0.1) is 0 Å². The first-order valence-corrected chi connectivity index (χ1v) is 10.3. The number of hydrogen-bond acceptors (Lipinski definition) is 6. The van der Waals surface area contributed by atoms with Crippen LogP contribution in [-0.2, 0) is 4.79 Å². The Bertz CT molecular complexity index is 743. The first-order valence-electron chi connectivity index (χ1n) is 9.52. The summed E-state index contributed by atoms with van der Waals surface area (Å²) in [7, 11) is 7.29. The summed E-state index contributed by atoms with van der Waals surface area (Å²) in [5.41, 5.74) is 0.832. The molecule has 2 aromatic rings. The standard InChI is InChI=1S/C20H29N3O3S/c1-22(2)10-11-23(19(24)14-8-6-5-7-9-14)20-21-15-12-16(25-3)17(26-4)13-18(15)27-20/h12-14H,5-11H2,1-4H3. The molecule has 7 heteroatoms. The quantitative estimate of drug-likeness (QED) is 0.719. The summed E-state index contributed by atoms with van der Waals surface area (Å²) in [5, 5.41) is 0.762. The predicted octanol–water partition coefficient (Wildman–Crippen LogP) is 3.79. The minimum absolute atomic E-state index is 0.122. The molecule has 1 amide bonds. The van der Waals surface area contributed by atoms with E-state index in [4.69, 9.17) is 14.5 Å². The molecule has 6 nitrogen and oxygen atoms in total. The van der Waals surface area contributed by atoms with Gasteiger partial charge in [0.1, 0.15) is 0 Å². The number of anilines is 1. The summed E-state index contributed by atoms with van der Waals surface area (Å²) >= 11 is 1.54. The van der Waals surface area contributed by atoms with Gasteiger partial charge in [-0.3, -0.25) is 9.69 Å². The van der Waals surface area contributed by atoms with E-state index in [9.17, 15) is 4.79 Å². The third kappa shape index (κ3) is 4.52. The summed E-state index contributed by atoms with van der Waals surface area (Å²) in [6, 6.07) is 3.81. The number of nitrogens with zero attached hydrogens (tertiary/aromatic N) is 3. The minimum Gasteiger partial charge on any atom is -0.493 e. The van der Waals surface area contributed by atoms with Crippen LogP contribution in [0.25, 0.3) is 10.2 Å². The molecule has 1 saturated carbocycles. The molecule has 1 aromatic heterocycles. The van der Waals surface area contributed by atoms with Crippen molar-refractivity contribution < 1.29 is 14.3 Å². The van der Waals surface area contributed by atoms with E-state index in [-0.39, 0.29) is 11.8 Å². The lowest BCUT2D eigenvalue weighted by atomic mass is 9.88. The molecular formula is C20H29N3O3S. The molecule has 0 bridgehead atoms. The molecule has 0 radical (unpaired) electrons. The molecular weight excluding hydrogens is 362 g/mol. The van der Waals surface area contributed by atoms with Gasteiger partial charge in [-0.1, -0.05) is 30.6 Å². The lowest BCUT2D eigenvalue weighted by molar-refractivity contribution is -0.123. The number of benzene rings is 1. The SMILES string of the molecule is COc1cc2nc(N(CCN(C)C)C(=O)C3CCCCC3)sc2cc1OC. The van der Waals surface area contributed by atoms with Gasteiger partial charge in [0.05, 0.1) is 24.4 Å². The van der Waals surface area contributed by atoms with Crippen LogP contribution in [0, 0.1) is 5.92 Å². The van der Waals surface area contributed by atoms with Gasteiger partial charge in [0.25, 0.3) is 0 Å². The number of carbonyl (C=O) groups excluding carboxylic acids is 1. The van der Waals surface area contributed by atoms with E-state index in [0.29, 0.717) is 18.0 Å². The van der Waals surface area contributed by atoms with E-state index in [1.54, 1.807) is 14.2 Å². The lowest BCUT2D eigenvalue weighted by Crippen LogP contribution is -2.41. The van der Waals surface area contributed by atoms with Gasteiger partial charge in [0.15, 0.2) is 16.6 Å². The Morgan fingerprint density at radius 1 is 1.11 bits per heavy atom. The number of likely N-dealkylation sites (N-methyl/N-ethyl adjacent to an activating group) is 1. The Morgan fingerprint density at radius 3 is 2.41 bits per heavy atom. The number of aromatic nitrogens is 1. The first-order chi connectivity index (χ1) is 13.0. The number of hydrogen-bond donors (Lipinski definition) is 0. The van der Waals surface area contributed by atoms with Crippen molar-refractivity contribution in [2.75, 3.05) is 46.3 Å². The van der Waals surface area contributed by atoms with Crippen LogP contribution >= 0.6 is 11.3 Å². The van der Waals surface area contributed by atoms with Crippen molar-refractivity contribution in [2.24, 2.45) is 5.92 Å². The van der Waals surface area contributed by atoms with Crippen molar-refractivity contribution in [1.29, 1.82) is 0 Å². The molecule has 0 atom stereocenters. The summed E-state index contributed by atoms with van der Waals surface area (Å²) < 4.78 is 11.8. The number of methoxy groups -OCH3 is 2. The topological polar surface area (TPSA) is 54.9 Å². The maximum Gasteiger partial charge on any atom is 0.231 e. The molecule has 0 spiro atoms. The summed E-state index contributed by atoms with van der Waals surface area (Å²) in [6.45, 7) is 1.46. The average Bonchev–Trinajstić information content (AvgIpc) is 3.09. The van der Waals surface area contributed by atoms with Crippen LogP contribution in [0.1, 0.15) is 32.1 Å². The zero-order valence-corrected chi connectivity index (χ0v) is 17.5. The van der Waals surface area contributed by atoms with Crippen LogP contribution in [0.4, 0.5) is 5.13 Å². The van der Waals surface area contributed by atoms with Crippen molar-refractivity contribution in [2.45, 2.75) is 32.1 Å². The van der Waals surface area contributed by atoms with Crippen molar-refractivity contribution in [3.05, 3.63) is 12.1 Å². The van der Waals surface area contributed by atoms with E-state index < -0.39 is 0 Å². The van der Waals surface area contributed by atoms with Crippen LogP contribution in [0.2, 0.25) is 0 Å². The van der Waals surface area contributed by atoms with E-state index >= 15 is 0 Å². The van der Waals surface area contributed by atoms with E-state index in [1.807, 2.05) is 31.1 Å². The average molecular weight is 392 g/mol. The van der Waals surface area contributed by atoms with Gasteiger partial charge in [-0.25, -0.2) is 4.98 Å². The Labute approximate surface area is 165 Å². The van der Waals surface area contributed by atoms with Crippen molar-refractivity contribution >= 4 is 32.6 Å². The largest absolute Gasteiger partial charge is 0.493 e. The molecule has 0 unspecified atom stereocenters. The molecule has 1 aliphatic rings. The fraction of sp³-hybridized carbons (Fsp3) is 0.600. The highest BCUT2D eigenvalue weighted by molar-refractivity contribution is 7.22. The normalized spacial score (nSPS) is 15.3. The van der Waals surface area contributed by atoms with Crippen molar-refractivity contribution in [3.63, 3.8) is 0 Å². The predicted molar refractivity (Wildman–Crippen MR) is 110 cm³/mol. The number of carbonyl (C=O) groups is 1. The highest BCUT2D eigenvalue weighted by Crippen LogP contribution is 2.38. The number of ether oxygens (including phenoxy) is 2. The molecule has 148 valence electrons. The summed E-state index contributed by atoms with van der Waals surface area (Å²) in [5.74, 6) is 1.67. The van der Waals surface area contributed by atoms with Crippen LogP contribution in [0.15, 0.2) is 12.1 Å². The van der Waals surface area contributed by atoms with Gasteiger partial charge in [0.2, 0.25) is 5.91 Å². The van der Waals surface area contributed by atoms with Gasteiger partial charge in [-0.05, 0) is 26.9 Å². The van der Waals surface area contributed by atoms with Crippen LogP contribution in [-0.4, -0.2) is 57.2 Å². The Balaban J connectivity index is 1.93. The Kier molecular flexibility index (Phi) is 6.55. The van der Waals surface area contributed by atoms with E-state index in [1.165, 1.54) is 17.8 Å². The Morgan fingerprint density at radius 2 is 1.78 bits per heavy atom. The third-order valence-electron chi connectivity index (χ3n) is 5.10. The summed E-state index contributed by atoms with van der Waals surface area (Å²) in [6.07, 6.45) is 5.51. The smallest absolute Gasteiger partial charge is 0.231 e. The summed E-state index contributed by atoms with van der Waals surface area (Å²) in [4.78, 5) is 22.0. The van der Waals surface area contributed by atoms with Crippen LogP contribution in [0.3, 0.4) is 0 Å². The second-order valence-corrected chi connectivity index (χ2v) is 8.31. The maximum atomic E-state index is 13.3. The first kappa shape index (κ1) is 19.9. The number of rotatable bonds is 7. The van der Waals surface area contributed by atoms with Crippen molar-refractivity contribution in [3.8, 4) is 11.5 Å². The molecule has 1 aromatic carbocycles. The van der Waals surface area contributed by atoms with E-state index in [2.05, 4.69) is 4.90 Å². The molecule has 1 fully saturated rings. The second kappa shape index (κ2) is 8.89. The number of thiazole rings is 1. The molecule has 1 heterocycles. The number of amides is 1. The second-order valence-electron chi connectivity index (χ2n) is 7.30. The maximum absolute atomic E-state index is 13.3. The monoisotopic (exact) mass is 391 g/mol. The molecule has 0 N–H and O–H groups in total. The molecule has 3 rings (SSSR count). The molecule has 0 saturated heterocycles. The number of fused-ring (bicyclic) bond motifs is 1. The van der Waals surface area contributed by atoms with Crippen LogP contribution in [0.5, 0.6) is 11.5 Å². The van der Waals surface area contributed by atoms with E-state index in [0.717, 1.165) is 47.6 Å². The molecule has 27 heavy (non-hydrogen) atoms. The molecule has 1 aliphatic carbocycles. The fourth-order valence-corrected chi connectivity index (χ4v) is 4.54. The highest BCUT2D eigenvalue weighted by Gasteiger charge is 2.29. The molecule has 0 aliphatic heterocycles. The van der Waals surface area contributed by atoms with Crippen LogP contribution < -0.4 is 14.4 Å². The fourth-order valence-electron chi connectivity index (χ4n) is 3.53. The van der Waals surface area contributed by atoms with Gasteiger partial charge < -0.3 is 14.4 Å². The third-order valence-corrected chi connectivity index (χ3v) is 6.15. The zero-order chi connectivity index (χ0) is 19.4. The van der Waals surface area contributed by atoms with Gasteiger partial charge in [0, 0.05) is 31.1 Å². The Hall–Kier alpha value is -1.86. The minimum atomic E-state index is 0.122. The highest BCUT2D eigenvalue weighted by atomic mass is 32.1. The lowest BCUT2D eigenvalue weighted by Gasteiger charge is -2.28. The zero-order valence-electron chi connectivity index (χ0n) is 16.7. The van der Waals surface area contributed by atoms with Crippen molar-refractivity contribution in [1.82, 2.24) is 9.88 Å².